The molecule has 2 N–H and O–H groups in total. The van der Waals surface area contributed by atoms with Gasteiger partial charge in [0, 0.05) is 60.5 Å². The van der Waals surface area contributed by atoms with Gasteiger partial charge >= 0.3 is 0 Å². The fourth-order valence-electron chi connectivity index (χ4n) is 7.37. The van der Waals surface area contributed by atoms with Crippen molar-refractivity contribution in [1.82, 2.24) is 19.8 Å². The average molecular weight is 741 g/mol. The van der Waals surface area contributed by atoms with Crippen molar-refractivity contribution < 1.29 is 24.4 Å². The Kier molecular flexibility index (Phi) is 13.3. The fourth-order valence-corrected chi connectivity index (χ4v) is 7.37. The van der Waals surface area contributed by atoms with Crippen molar-refractivity contribution in [2.75, 3.05) is 39.4 Å². The minimum absolute atomic E-state index is 0.268. The van der Waals surface area contributed by atoms with Crippen molar-refractivity contribution in [3.05, 3.63) is 143 Å². The number of ether oxygens (including phenoxy) is 3. The van der Waals surface area contributed by atoms with Crippen LogP contribution < -0.4 is 0 Å². The number of benzene rings is 4. The van der Waals surface area contributed by atoms with Gasteiger partial charge in [0.25, 0.3) is 0 Å². The van der Waals surface area contributed by atoms with Crippen molar-refractivity contribution >= 4 is 21.8 Å². The number of nitrogens with zero attached hydrogens (tertiary/aromatic N) is 4. The second kappa shape index (κ2) is 19.1. The van der Waals surface area contributed by atoms with E-state index >= 15 is 0 Å². The van der Waals surface area contributed by atoms with Crippen molar-refractivity contribution in [3.63, 3.8) is 0 Å². The van der Waals surface area contributed by atoms with Crippen LogP contribution in [-0.2, 0) is 53.7 Å². The Morgan fingerprint density at radius 2 is 1.04 bits per heavy atom. The Bertz CT molecular complexity index is 2120. The topological polar surface area (TPSA) is 100 Å². The summed E-state index contributed by atoms with van der Waals surface area (Å²) in [6.45, 7) is 11.3. The first-order valence-corrected chi connectivity index (χ1v) is 19.4. The zero-order chi connectivity index (χ0) is 37.8. The molecule has 0 aliphatic carbocycles. The van der Waals surface area contributed by atoms with E-state index in [4.69, 9.17) is 14.2 Å². The summed E-state index contributed by atoms with van der Waals surface area (Å²) < 4.78 is 17.4. The molecule has 9 heteroatoms. The molecule has 2 saturated heterocycles. The van der Waals surface area contributed by atoms with E-state index in [-0.39, 0.29) is 5.75 Å². The van der Waals surface area contributed by atoms with E-state index in [1.54, 1.807) is 12.4 Å². The molecule has 2 aliphatic heterocycles. The number of likely N-dealkylation sites (tertiary alicyclic amines) is 1. The van der Waals surface area contributed by atoms with Gasteiger partial charge in [-0.15, -0.1) is 0 Å². The van der Waals surface area contributed by atoms with Crippen LogP contribution in [-0.4, -0.2) is 69.4 Å². The number of hydrogen-bond donors (Lipinski definition) is 2. The first-order valence-electron chi connectivity index (χ1n) is 19.4. The predicted octanol–water partition coefficient (Wildman–Crippen LogP) is 8.38. The molecule has 0 atom stereocenters. The third-order valence-corrected chi connectivity index (χ3v) is 10.6. The van der Waals surface area contributed by atoms with Gasteiger partial charge in [0.15, 0.2) is 0 Å². The molecule has 4 aromatic carbocycles. The third-order valence-electron chi connectivity index (χ3n) is 10.6. The summed E-state index contributed by atoms with van der Waals surface area (Å²) in [5.74, 6) is 1.37. The Hall–Kier alpha value is -4.90. The fraction of sp³-hybridized carbons (Fsp3) is 0.348. The van der Waals surface area contributed by atoms with Gasteiger partial charge in [-0.25, -0.2) is 0 Å². The van der Waals surface area contributed by atoms with Gasteiger partial charge in [-0.05, 0) is 78.4 Å². The van der Waals surface area contributed by atoms with Gasteiger partial charge in [0.1, 0.15) is 22.5 Å². The van der Waals surface area contributed by atoms with E-state index in [2.05, 4.69) is 63.1 Å². The molecule has 4 heterocycles. The van der Waals surface area contributed by atoms with Crippen LogP contribution in [0.15, 0.2) is 109 Å². The summed E-state index contributed by atoms with van der Waals surface area (Å²) in [6, 6.07) is 32.3. The lowest BCUT2D eigenvalue weighted by atomic mass is 9.98. The van der Waals surface area contributed by atoms with Crippen LogP contribution in [0.4, 0.5) is 0 Å². The lowest BCUT2D eigenvalue weighted by molar-refractivity contribution is 0.0338. The summed E-state index contributed by atoms with van der Waals surface area (Å²) in [4.78, 5) is 13.6. The summed E-state index contributed by atoms with van der Waals surface area (Å²) in [6.07, 6.45) is 5.90. The second-order valence-corrected chi connectivity index (χ2v) is 14.7. The van der Waals surface area contributed by atoms with Gasteiger partial charge in [0.05, 0.1) is 39.6 Å². The molecule has 0 radical (unpaired) electrons. The molecule has 2 fully saturated rings. The molecule has 0 spiro atoms. The maximum Gasteiger partial charge on any atom is 0.146 e. The lowest BCUT2D eigenvalue weighted by Gasteiger charge is -2.30. The lowest BCUT2D eigenvalue weighted by Crippen LogP contribution is -2.35. The molecule has 55 heavy (non-hydrogen) atoms. The van der Waals surface area contributed by atoms with Crippen LogP contribution in [0.1, 0.15) is 53.1 Å². The molecular formula is C46H52N4O5. The maximum atomic E-state index is 10.8. The number of pyridine rings is 2. The van der Waals surface area contributed by atoms with Crippen LogP contribution in [0, 0.1) is 5.92 Å². The quantitative estimate of drug-likeness (QED) is 0.128. The number of aromatic nitrogens is 2. The van der Waals surface area contributed by atoms with Gasteiger partial charge < -0.3 is 24.4 Å². The smallest absolute Gasteiger partial charge is 0.146 e. The molecule has 2 aromatic heterocycles. The van der Waals surface area contributed by atoms with Crippen LogP contribution in [0.5, 0.6) is 11.5 Å². The molecule has 9 nitrogen and oxygen atoms in total. The highest BCUT2D eigenvalue weighted by molar-refractivity contribution is 5.89. The number of phenols is 2. The minimum Gasteiger partial charge on any atom is -0.505 e. The summed E-state index contributed by atoms with van der Waals surface area (Å²) in [7, 11) is 0. The Morgan fingerprint density at radius 1 is 0.582 bits per heavy atom. The van der Waals surface area contributed by atoms with Crippen molar-refractivity contribution in [2.24, 2.45) is 5.92 Å². The van der Waals surface area contributed by atoms with E-state index in [0.717, 1.165) is 96.0 Å². The third kappa shape index (κ3) is 10.2. The largest absolute Gasteiger partial charge is 0.505 e. The van der Waals surface area contributed by atoms with E-state index in [0.29, 0.717) is 49.8 Å². The molecular weight excluding hydrogens is 689 g/mol. The van der Waals surface area contributed by atoms with E-state index < -0.39 is 0 Å². The van der Waals surface area contributed by atoms with E-state index in [1.807, 2.05) is 60.7 Å². The van der Waals surface area contributed by atoms with Crippen molar-refractivity contribution in [3.8, 4) is 11.5 Å². The Labute approximate surface area is 324 Å². The monoisotopic (exact) mass is 740 g/mol. The molecule has 2 aliphatic rings. The summed E-state index contributed by atoms with van der Waals surface area (Å²) in [5, 5.41) is 23.5. The van der Waals surface area contributed by atoms with Gasteiger partial charge in [-0.1, -0.05) is 79.7 Å². The number of fused-ring (bicyclic) bond motifs is 2. The number of phenolic OH excluding ortho intramolecular Hbond substituents is 2. The number of aromatic hydroxyl groups is 2. The predicted molar refractivity (Wildman–Crippen MR) is 216 cm³/mol. The molecule has 0 unspecified atom stereocenters. The van der Waals surface area contributed by atoms with Crippen LogP contribution in [0.3, 0.4) is 0 Å². The molecule has 0 amide bonds. The van der Waals surface area contributed by atoms with Gasteiger partial charge in [0.2, 0.25) is 0 Å². The van der Waals surface area contributed by atoms with E-state index in [9.17, 15) is 10.2 Å². The number of piperidine rings is 1. The number of rotatable bonds is 12. The van der Waals surface area contributed by atoms with E-state index in [1.165, 1.54) is 12.8 Å². The summed E-state index contributed by atoms with van der Waals surface area (Å²) in [5.41, 5.74) is 7.58. The molecule has 6 aromatic rings. The Balaban J connectivity index is 0.000000169. The Morgan fingerprint density at radius 3 is 1.51 bits per heavy atom. The zero-order valence-electron chi connectivity index (χ0n) is 31.8. The first kappa shape index (κ1) is 38.4. The molecule has 8 rings (SSSR count). The van der Waals surface area contributed by atoms with Crippen molar-refractivity contribution in [2.45, 2.75) is 59.3 Å². The van der Waals surface area contributed by atoms with Gasteiger partial charge in [-0.3, -0.25) is 19.8 Å². The standard InChI is InChI=1S/C24H28N2O2.C22H24N2O3/c1-18-9-12-26(13-10-18)15-20-14-21(17-28-16-19-6-3-2-4-7-19)22-8-5-11-25-23(22)24(20)27;25-22-18(14-24-9-11-26-12-10-24)13-19(20-7-4-8-23-21(20)22)16-27-15-17-5-2-1-3-6-17/h2-8,11,14,18,27H,9-10,12-13,15-17H2,1H3;1-8,13,25H,9-12,14-16H2. The average Bonchev–Trinajstić information content (AvgIpc) is 3.23. The second-order valence-electron chi connectivity index (χ2n) is 14.7. The normalized spacial score (nSPS) is 15.6. The van der Waals surface area contributed by atoms with Crippen LogP contribution in [0.2, 0.25) is 0 Å². The molecule has 0 bridgehead atoms. The SMILES string of the molecule is CC1CCN(Cc2cc(COCc3ccccc3)c3cccnc3c2O)CC1.Oc1c(CN2CCOCC2)cc(COCc2ccccc2)c2cccnc12. The highest BCUT2D eigenvalue weighted by Crippen LogP contribution is 2.33. The summed E-state index contributed by atoms with van der Waals surface area (Å²) >= 11 is 0. The van der Waals surface area contributed by atoms with Crippen LogP contribution >= 0.6 is 0 Å². The zero-order valence-corrected chi connectivity index (χ0v) is 31.8. The number of hydrogen-bond acceptors (Lipinski definition) is 9. The molecule has 286 valence electrons. The maximum absolute atomic E-state index is 10.8. The minimum atomic E-state index is 0.268. The van der Waals surface area contributed by atoms with Crippen LogP contribution in [0.25, 0.3) is 21.8 Å². The first-order chi connectivity index (χ1) is 27.0. The molecule has 0 saturated carbocycles. The number of morpholine rings is 1. The highest BCUT2D eigenvalue weighted by atomic mass is 16.5. The highest BCUT2D eigenvalue weighted by Gasteiger charge is 2.20. The van der Waals surface area contributed by atoms with Gasteiger partial charge in [-0.2, -0.15) is 0 Å². The van der Waals surface area contributed by atoms with Crippen molar-refractivity contribution in [1.29, 1.82) is 0 Å².